The van der Waals surface area contributed by atoms with E-state index in [1.54, 1.807) is 5.01 Å². The molecular weight excluding hydrogens is 262 g/mol. The molecule has 0 aromatic heterocycles. The van der Waals surface area contributed by atoms with Gasteiger partial charge in [0, 0.05) is 24.3 Å². The average molecular weight is 274 g/mol. The molecule has 0 atom stereocenters. The number of hydrogen-bond acceptors (Lipinski definition) is 2. The highest BCUT2D eigenvalue weighted by Crippen LogP contribution is 2.14. The third kappa shape index (κ3) is 3.25. The van der Waals surface area contributed by atoms with E-state index >= 15 is 0 Å². The lowest BCUT2D eigenvalue weighted by Gasteiger charge is -2.19. The first kappa shape index (κ1) is 11.4. The number of nitrogens with one attached hydrogen (secondary N) is 2. The van der Waals surface area contributed by atoms with Gasteiger partial charge < -0.3 is 5.32 Å². The molecule has 76 valence electrons. The lowest BCUT2D eigenvalue weighted by Crippen LogP contribution is -2.39. The molecule has 0 aliphatic carbocycles. The van der Waals surface area contributed by atoms with Crippen molar-refractivity contribution in [3.63, 3.8) is 0 Å². The zero-order chi connectivity index (χ0) is 10.6. The van der Waals surface area contributed by atoms with Crippen LogP contribution in [0, 0.1) is 0 Å². The molecule has 5 heteroatoms. The molecule has 0 spiro atoms. The summed E-state index contributed by atoms with van der Waals surface area (Å²) in [6.45, 7) is 0. The van der Waals surface area contributed by atoms with Crippen LogP contribution < -0.4 is 10.7 Å². The number of benzene rings is 1. The van der Waals surface area contributed by atoms with E-state index in [4.69, 9.17) is 12.2 Å². The van der Waals surface area contributed by atoms with Gasteiger partial charge in [-0.25, -0.2) is 5.43 Å². The smallest absolute Gasteiger partial charge is 0.187 e. The van der Waals surface area contributed by atoms with Crippen molar-refractivity contribution >= 4 is 38.9 Å². The SMILES string of the molecule is CNN(C)C(=S)Nc1ccc(Br)cc1. The third-order valence-electron chi connectivity index (χ3n) is 1.74. The zero-order valence-electron chi connectivity index (χ0n) is 8.04. The van der Waals surface area contributed by atoms with Gasteiger partial charge >= 0.3 is 0 Å². The van der Waals surface area contributed by atoms with Crippen molar-refractivity contribution in [2.45, 2.75) is 0 Å². The molecule has 0 aliphatic heterocycles. The number of nitrogens with zero attached hydrogens (tertiary/aromatic N) is 1. The first-order valence-electron chi connectivity index (χ1n) is 4.11. The van der Waals surface area contributed by atoms with Gasteiger partial charge in [0.2, 0.25) is 0 Å². The summed E-state index contributed by atoms with van der Waals surface area (Å²) in [7, 11) is 3.67. The molecule has 0 unspecified atom stereocenters. The van der Waals surface area contributed by atoms with Gasteiger partial charge in [-0.15, -0.1) is 0 Å². The van der Waals surface area contributed by atoms with E-state index in [1.807, 2.05) is 38.4 Å². The van der Waals surface area contributed by atoms with Crippen molar-refractivity contribution in [2.75, 3.05) is 19.4 Å². The highest BCUT2D eigenvalue weighted by Gasteiger charge is 2.01. The van der Waals surface area contributed by atoms with Gasteiger partial charge in [-0.3, -0.25) is 5.01 Å². The third-order valence-corrected chi connectivity index (χ3v) is 2.64. The van der Waals surface area contributed by atoms with E-state index in [9.17, 15) is 0 Å². The monoisotopic (exact) mass is 273 g/mol. The molecule has 3 nitrogen and oxygen atoms in total. The van der Waals surface area contributed by atoms with Crippen LogP contribution in [0.4, 0.5) is 5.69 Å². The Hall–Kier alpha value is -0.650. The van der Waals surface area contributed by atoms with Crippen molar-refractivity contribution in [1.29, 1.82) is 0 Å². The van der Waals surface area contributed by atoms with E-state index in [-0.39, 0.29) is 0 Å². The first-order valence-corrected chi connectivity index (χ1v) is 5.31. The number of halogens is 1. The molecule has 2 N–H and O–H groups in total. The standard InChI is InChI=1S/C9H12BrN3S/c1-11-13(2)9(14)12-8-5-3-7(10)4-6-8/h3-6,11H,1-2H3,(H,12,14). The molecule has 0 heterocycles. The Morgan fingerprint density at radius 1 is 1.36 bits per heavy atom. The minimum absolute atomic E-state index is 0.634. The molecular formula is C9H12BrN3S. The van der Waals surface area contributed by atoms with Gasteiger partial charge in [0.05, 0.1) is 0 Å². The number of rotatable bonds is 2. The molecule has 0 amide bonds. The minimum atomic E-state index is 0.634. The van der Waals surface area contributed by atoms with Crippen molar-refractivity contribution in [3.8, 4) is 0 Å². The molecule has 0 radical (unpaired) electrons. The van der Waals surface area contributed by atoms with Crippen LogP contribution in [0.3, 0.4) is 0 Å². The highest BCUT2D eigenvalue weighted by atomic mass is 79.9. The molecule has 1 rings (SSSR count). The number of hydrazine groups is 1. The van der Waals surface area contributed by atoms with Gasteiger partial charge in [0.25, 0.3) is 0 Å². The second kappa shape index (κ2) is 5.29. The Morgan fingerprint density at radius 3 is 2.43 bits per heavy atom. The van der Waals surface area contributed by atoms with Crippen LogP contribution in [0.2, 0.25) is 0 Å². The summed E-state index contributed by atoms with van der Waals surface area (Å²) in [4.78, 5) is 0. The van der Waals surface area contributed by atoms with Crippen LogP contribution in [0.25, 0.3) is 0 Å². The Kier molecular flexibility index (Phi) is 4.31. The normalized spacial score (nSPS) is 9.64. The fourth-order valence-electron chi connectivity index (χ4n) is 0.842. The topological polar surface area (TPSA) is 27.3 Å². The molecule has 0 fully saturated rings. The van der Waals surface area contributed by atoms with Crippen LogP contribution in [-0.4, -0.2) is 24.2 Å². The predicted molar refractivity (Wildman–Crippen MR) is 67.2 cm³/mol. The van der Waals surface area contributed by atoms with Gasteiger partial charge in [-0.2, -0.15) is 0 Å². The summed E-state index contributed by atoms with van der Waals surface area (Å²) in [5.41, 5.74) is 3.89. The Balaban J connectivity index is 2.60. The van der Waals surface area contributed by atoms with Crippen molar-refractivity contribution in [1.82, 2.24) is 10.4 Å². The second-order valence-corrected chi connectivity index (χ2v) is 4.02. The highest BCUT2D eigenvalue weighted by molar-refractivity contribution is 9.10. The maximum atomic E-state index is 5.13. The summed E-state index contributed by atoms with van der Waals surface area (Å²) in [6, 6.07) is 7.84. The molecule has 0 bridgehead atoms. The van der Waals surface area contributed by atoms with Gasteiger partial charge in [-0.1, -0.05) is 15.9 Å². The maximum Gasteiger partial charge on any atom is 0.187 e. The van der Waals surface area contributed by atoms with Crippen molar-refractivity contribution in [2.24, 2.45) is 0 Å². The maximum absolute atomic E-state index is 5.13. The fraction of sp³-hybridized carbons (Fsp3) is 0.222. The summed E-state index contributed by atoms with van der Waals surface area (Å²) in [5.74, 6) is 0. The van der Waals surface area contributed by atoms with Gasteiger partial charge in [0.1, 0.15) is 0 Å². The summed E-state index contributed by atoms with van der Waals surface area (Å²) >= 11 is 8.50. The lowest BCUT2D eigenvalue weighted by molar-refractivity contribution is 0.416. The summed E-state index contributed by atoms with van der Waals surface area (Å²) < 4.78 is 1.05. The number of anilines is 1. The van der Waals surface area contributed by atoms with E-state index in [0.717, 1.165) is 10.2 Å². The van der Waals surface area contributed by atoms with Gasteiger partial charge in [0.15, 0.2) is 5.11 Å². The summed E-state index contributed by atoms with van der Waals surface area (Å²) in [5, 5.41) is 5.46. The zero-order valence-corrected chi connectivity index (χ0v) is 10.4. The van der Waals surface area contributed by atoms with Crippen LogP contribution in [0.5, 0.6) is 0 Å². The van der Waals surface area contributed by atoms with E-state index < -0.39 is 0 Å². The second-order valence-electron chi connectivity index (χ2n) is 2.72. The van der Waals surface area contributed by atoms with Crippen molar-refractivity contribution in [3.05, 3.63) is 28.7 Å². The Labute approximate surface area is 97.6 Å². The van der Waals surface area contributed by atoms with E-state index in [0.29, 0.717) is 5.11 Å². The average Bonchev–Trinajstić information content (AvgIpc) is 2.20. The minimum Gasteiger partial charge on any atom is -0.332 e. The van der Waals surface area contributed by atoms with E-state index in [2.05, 4.69) is 26.7 Å². The number of thiocarbonyl (C=S) groups is 1. The Bertz CT molecular complexity index is 312. The molecule has 1 aromatic carbocycles. The molecule has 14 heavy (non-hydrogen) atoms. The molecule has 1 aromatic rings. The van der Waals surface area contributed by atoms with Crippen LogP contribution in [-0.2, 0) is 0 Å². The summed E-state index contributed by atoms with van der Waals surface area (Å²) in [6.07, 6.45) is 0. The molecule has 0 aliphatic rings. The van der Waals surface area contributed by atoms with Gasteiger partial charge in [-0.05, 0) is 36.5 Å². The van der Waals surface area contributed by atoms with Crippen LogP contribution >= 0.6 is 28.1 Å². The quantitative estimate of drug-likeness (QED) is 0.638. The van der Waals surface area contributed by atoms with Crippen LogP contribution in [0.15, 0.2) is 28.7 Å². The lowest BCUT2D eigenvalue weighted by atomic mass is 10.3. The molecule has 0 saturated carbocycles. The number of hydrogen-bond donors (Lipinski definition) is 2. The van der Waals surface area contributed by atoms with E-state index in [1.165, 1.54) is 0 Å². The Morgan fingerprint density at radius 2 is 1.93 bits per heavy atom. The molecule has 0 saturated heterocycles. The fourth-order valence-corrected chi connectivity index (χ4v) is 1.32. The predicted octanol–water partition coefficient (Wildman–Crippen LogP) is 2.21. The van der Waals surface area contributed by atoms with Crippen molar-refractivity contribution < 1.29 is 0 Å². The van der Waals surface area contributed by atoms with Crippen LogP contribution in [0.1, 0.15) is 0 Å². The first-order chi connectivity index (χ1) is 6.63. The largest absolute Gasteiger partial charge is 0.332 e.